The normalized spacial score (nSPS) is 12.2. The largest absolute Gasteiger partial charge is 0.355 e. The van der Waals surface area contributed by atoms with Crippen LogP contribution in [-0.4, -0.2) is 19.0 Å². The summed E-state index contributed by atoms with van der Waals surface area (Å²) in [6.07, 6.45) is 0.836. The van der Waals surface area contributed by atoms with E-state index < -0.39 is 0 Å². The van der Waals surface area contributed by atoms with Gasteiger partial charge in [0.25, 0.3) is 0 Å². The molecule has 0 saturated heterocycles. The van der Waals surface area contributed by atoms with Crippen molar-refractivity contribution in [2.45, 2.75) is 13.3 Å². The van der Waals surface area contributed by atoms with Gasteiger partial charge in [0.1, 0.15) is 0 Å². The number of hydrogen-bond donors (Lipinski definition) is 2. The summed E-state index contributed by atoms with van der Waals surface area (Å²) in [5.41, 5.74) is 6.61. The van der Waals surface area contributed by atoms with Crippen molar-refractivity contribution in [2.75, 3.05) is 13.1 Å². The minimum atomic E-state index is -0.109. The van der Waals surface area contributed by atoms with Gasteiger partial charge in [-0.05, 0) is 24.1 Å². The van der Waals surface area contributed by atoms with E-state index in [1.54, 1.807) is 0 Å². The molecule has 4 heteroatoms. The molecule has 3 N–H and O–H groups in total. The molecular weight excluding hydrogens is 268 g/mol. The van der Waals surface area contributed by atoms with E-state index in [9.17, 15) is 4.79 Å². The molecular formula is C12H17BrN2O. The van der Waals surface area contributed by atoms with Gasteiger partial charge < -0.3 is 11.1 Å². The first kappa shape index (κ1) is 13.2. The number of carbonyl (C=O) groups excluding carboxylic acids is 1. The molecule has 0 radical (unpaired) electrons. The van der Waals surface area contributed by atoms with Gasteiger partial charge in [-0.15, -0.1) is 0 Å². The van der Waals surface area contributed by atoms with Crippen LogP contribution >= 0.6 is 15.9 Å². The highest BCUT2D eigenvalue weighted by molar-refractivity contribution is 9.10. The van der Waals surface area contributed by atoms with Crippen molar-refractivity contribution in [3.05, 3.63) is 34.3 Å². The second-order valence-electron chi connectivity index (χ2n) is 3.81. The Hall–Kier alpha value is -0.870. The molecule has 0 heterocycles. The molecule has 16 heavy (non-hydrogen) atoms. The molecule has 1 unspecified atom stereocenters. The molecule has 0 spiro atoms. The van der Waals surface area contributed by atoms with Crippen LogP contribution in [0, 0.1) is 5.92 Å². The number of nitrogens with one attached hydrogen (secondary N) is 1. The van der Waals surface area contributed by atoms with Crippen molar-refractivity contribution in [1.82, 2.24) is 5.32 Å². The van der Waals surface area contributed by atoms with Gasteiger partial charge in [0, 0.05) is 23.5 Å². The van der Waals surface area contributed by atoms with Crippen LogP contribution in [0.25, 0.3) is 0 Å². The maximum absolute atomic E-state index is 11.4. The van der Waals surface area contributed by atoms with Crippen LogP contribution in [0.15, 0.2) is 28.7 Å². The monoisotopic (exact) mass is 284 g/mol. The van der Waals surface area contributed by atoms with Gasteiger partial charge >= 0.3 is 0 Å². The third-order valence-electron chi connectivity index (χ3n) is 2.40. The topological polar surface area (TPSA) is 55.1 Å². The van der Waals surface area contributed by atoms with Gasteiger partial charge in [0.2, 0.25) is 5.91 Å². The molecule has 0 aromatic heterocycles. The summed E-state index contributed by atoms with van der Waals surface area (Å²) in [5, 5.41) is 2.87. The Balaban J connectivity index is 2.33. The van der Waals surface area contributed by atoms with E-state index in [0.717, 1.165) is 10.9 Å². The van der Waals surface area contributed by atoms with Crippen LogP contribution < -0.4 is 11.1 Å². The Morgan fingerprint density at radius 1 is 1.56 bits per heavy atom. The number of benzene rings is 1. The second-order valence-corrected chi connectivity index (χ2v) is 4.72. The molecule has 1 aromatic rings. The SMILES string of the molecule is CC(CN)C(=O)NCCc1cccc(Br)c1. The lowest BCUT2D eigenvalue weighted by atomic mass is 10.1. The second kappa shape index (κ2) is 6.66. The summed E-state index contributed by atoms with van der Waals surface area (Å²) in [4.78, 5) is 11.4. The van der Waals surface area contributed by atoms with E-state index in [1.165, 1.54) is 5.56 Å². The summed E-state index contributed by atoms with van der Waals surface area (Å²) >= 11 is 3.41. The zero-order valence-electron chi connectivity index (χ0n) is 9.37. The lowest BCUT2D eigenvalue weighted by Crippen LogP contribution is -2.34. The highest BCUT2D eigenvalue weighted by Crippen LogP contribution is 2.11. The Kier molecular flexibility index (Phi) is 5.49. The predicted octanol–water partition coefficient (Wildman–Crippen LogP) is 1.70. The van der Waals surface area contributed by atoms with Gasteiger partial charge in [-0.2, -0.15) is 0 Å². The molecule has 1 aromatic carbocycles. The van der Waals surface area contributed by atoms with Crippen molar-refractivity contribution < 1.29 is 4.79 Å². The highest BCUT2D eigenvalue weighted by Gasteiger charge is 2.09. The van der Waals surface area contributed by atoms with E-state index in [1.807, 2.05) is 25.1 Å². The lowest BCUT2D eigenvalue weighted by Gasteiger charge is -2.09. The first-order valence-corrected chi connectivity index (χ1v) is 6.15. The number of amides is 1. The Morgan fingerprint density at radius 3 is 2.94 bits per heavy atom. The van der Waals surface area contributed by atoms with Crippen molar-refractivity contribution in [2.24, 2.45) is 11.7 Å². The first-order valence-electron chi connectivity index (χ1n) is 5.35. The van der Waals surface area contributed by atoms with E-state index in [4.69, 9.17) is 5.73 Å². The fraction of sp³-hybridized carbons (Fsp3) is 0.417. The summed E-state index contributed by atoms with van der Waals surface area (Å²) in [6, 6.07) is 8.07. The van der Waals surface area contributed by atoms with E-state index in [0.29, 0.717) is 13.1 Å². The van der Waals surface area contributed by atoms with Crippen molar-refractivity contribution in [3.63, 3.8) is 0 Å². The quantitative estimate of drug-likeness (QED) is 0.865. The maximum Gasteiger partial charge on any atom is 0.224 e. The fourth-order valence-electron chi connectivity index (χ4n) is 1.30. The Morgan fingerprint density at radius 2 is 2.31 bits per heavy atom. The smallest absolute Gasteiger partial charge is 0.224 e. The molecule has 0 aliphatic heterocycles. The number of halogens is 1. The zero-order chi connectivity index (χ0) is 12.0. The third-order valence-corrected chi connectivity index (χ3v) is 2.90. The molecule has 0 bridgehead atoms. The Bertz CT molecular complexity index is 355. The molecule has 88 valence electrons. The van der Waals surface area contributed by atoms with Crippen LogP contribution in [0.5, 0.6) is 0 Å². The van der Waals surface area contributed by atoms with Gasteiger partial charge in [-0.1, -0.05) is 35.0 Å². The molecule has 3 nitrogen and oxygen atoms in total. The van der Waals surface area contributed by atoms with Crippen molar-refractivity contribution in [3.8, 4) is 0 Å². The van der Waals surface area contributed by atoms with Crippen LogP contribution in [0.4, 0.5) is 0 Å². The number of hydrogen-bond acceptors (Lipinski definition) is 2. The van der Waals surface area contributed by atoms with Crippen LogP contribution in [0.1, 0.15) is 12.5 Å². The van der Waals surface area contributed by atoms with Crippen molar-refractivity contribution >= 4 is 21.8 Å². The van der Waals surface area contributed by atoms with Crippen LogP contribution in [0.3, 0.4) is 0 Å². The van der Waals surface area contributed by atoms with Gasteiger partial charge in [0.05, 0.1) is 0 Å². The summed E-state index contributed by atoms with van der Waals surface area (Å²) < 4.78 is 1.06. The molecule has 1 atom stereocenters. The summed E-state index contributed by atoms with van der Waals surface area (Å²) in [7, 11) is 0. The average Bonchev–Trinajstić information content (AvgIpc) is 2.28. The fourth-order valence-corrected chi connectivity index (χ4v) is 1.75. The predicted molar refractivity (Wildman–Crippen MR) is 69.1 cm³/mol. The van der Waals surface area contributed by atoms with Crippen molar-refractivity contribution in [1.29, 1.82) is 0 Å². The standard InChI is InChI=1S/C12H17BrN2O/c1-9(8-14)12(16)15-6-5-10-3-2-4-11(13)7-10/h2-4,7,9H,5-6,8,14H2,1H3,(H,15,16). The average molecular weight is 285 g/mol. The van der Waals surface area contributed by atoms with Gasteiger partial charge in [0.15, 0.2) is 0 Å². The summed E-state index contributed by atoms with van der Waals surface area (Å²) in [6.45, 7) is 2.87. The third kappa shape index (κ3) is 4.33. The molecule has 0 saturated carbocycles. The molecule has 1 amide bonds. The first-order chi connectivity index (χ1) is 7.63. The van der Waals surface area contributed by atoms with E-state index >= 15 is 0 Å². The lowest BCUT2D eigenvalue weighted by molar-refractivity contribution is -0.124. The highest BCUT2D eigenvalue weighted by atomic mass is 79.9. The molecule has 0 aliphatic rings. The number of rotatable bonds is 5. The van der Waals surface area contributed by atoms with E-state index in [-0.39, 0.29) is 11.8 Å². The minimum Gasteiger partial charge on any atom is -0.355 e. The molecule has 1 rings (SSSR count). The van der Waals surface area contributed by atoms with Crippen LogP contribution in [-0.2, 0) is 11.2 Å². The van der Waals surface area contributed by atoms with E-state index in [2.05, 4.69) is 27.3 Å². The van der Waals surface area contributed by atoms with Crippen LogP contribution in [0.2, 0.25) is 0 Å². The Labute approximate surface area is 105 Å². The molecule has 0 aliphatic carbocycles. The zero-order valence-corrected chi connectivity index (χ0v) is 11.0. The number of carbonyl (C=O) groups is 1. The van der Waals surface area contributed by atoms with Gasteiger partial charge in [-0.25, -0.2) is 0 Å². The molecule has 0 fully saturated rings. The summed E-state index contributed by atoms with van der Waals surface area (Å²) in [5.74, 6) is -0.0833. The maximum atomic E-state index is 11.4. The minimum absolute atomic E-state index is 0.0255. The number of nitrogens with two attached hydrogens (primary N) is 1. The van der Waals surface area contributed by atoms with Gasteiger partial charge in [-0.3, -0.25) is 4.79 Å².